The van der Waals surface area contributed by atoms with Crippen LogP contribution in [0, 0.1) is 13.8 Å². The molecule has 0 atom stereocenters. The van der Waals surface area contributed by atoms with Crippen molar-refractivity contribution in [1.29, 1.82) is 0 Å². The fraction of sp³-hybridized carbons (Fsp3) is 0.0952. The van der Waals surface area contributed by atoms with Crippen molar-refractivity contribution in [1.82, 2.24) is 0 Å². The van der Waals surface area contributed by atoms with E-state index >= 15 is 0 Å². The number of anilines is 3. The van der Waals surface area contributed by atoms with Gasteiger partial charge in [0.2, 0.25) is 0 Å². The van der Waals surface area contributed by atoms with Crippen LogP contribution in [0.4, 0.5) is 17.1 Å². The molecule has 3 aromatic rings. The van der Waals surface area contributed by atoms with Gasteiger partial charge in [0, 0.05) is 17.1 Å². The van der Waals surface area contributed by atoms with Gasteiger partial charge in [0.1, 0.15) is 0 Å². The monoisotopic (exact) mass is 323 g/mol. The number of rotatable bonds is 4. The smallest absolute Gasteiger partial charge is 0.545 e. The van der Waals surface area contributed by atoms with E-state index in [0.717, 1.165) is 17.1 Å². The van der Waals surface area contributed by atoms with Gasteiger partial charge in [-0.2, -0.15) is 0 Å². The van der Waals surface area contributed by atoms with Crippen LogP contribution in [-0.4, -0.2) is 5.97 Å². The summed E-state index contributed by atoms with van der Waals surface area (Å²) >= 11 is 0. The minimum Gasteiger partial charge on any atom is -0.545 e. The Hall–Kier alpha value is -2.47. The van der Waals surface area contributed by atoms with E-state index < -0.39 is 5.97 Å². The Labute approximate surface area is 160 Å². The summed E-state index contributed by atoms with van der Waals surface area (Å²) < 4.78 is 0. The molecule has 3 rings (SSSR count). The predicted octanol–water partition coefficient (Wildman–Crippen LogP) is 1.14. The normalized spacial score (nSPS) is 10.0. The third-order valence-electron chi connectivity index (χ3n) is 3.95. The Bertz CT molecular complexity index is 795. The number of aryl methyl sites for hydroxylation is 2. The Kier molecular flexibility index (Phi) is 6.09. The van der Waals surface area contributed by atoms with Crippen LogP contribution in [0.1, 0.15) is 21.5 Å². The van der Waals surface area contributed by atoms with E-state index in [0.29, 0.717) is 0 Å². The van der Waals surface area contributed by atoms with E-state index in [4.69, 9.17) is 0 Å². The molecule has 4 heteroatoms. The van der Waals surface area contributed by atoms with Crippen molar-refractivity contribution < 1.29 is 28.8 Å². The molecule has 0 aliphatic rings. The average molecular weight is 323 g/mol. The molecule has 0 aliphatic carbocycles. The number of nitrogens with zero attached hydrogens (tertiary/aromatic N) is 1. The van der Waals surface area contributed by atoms with Crippen LogP contribution < -0.4 is 28.9 Å². The summed E-state index contributed by atoms with van der Waals surface area (Å²) in [5, 5.41) is 11.0. The van der Waals surface area contributed by atoms with E-state index in [1.54, 1.807) is 24.3 Å². The Morgan fingerprint density at radius 3 is 1.32 bits per heavy atom. The molecule has 0 spiro atoms. The standard InChI is InChI=1S/C21H19NO2.Li/c1-15-3-9-18(10-4-15)22(19-11-5-16(2)6-12-19)20-13-7-17(8-14-20)21(23)24;/h3-14H,1-2H3,(H,23,24);/q;+1/p-1. The van der Waals surface area contributed by atoms with Gasteiger partial charge in [0.25, 0.3) is 0 Å². The SMILES string of the molecule is Cc1ccc(N(c2ccc(C)cc2)c2ccc(C(=O)[O-])cc2)cc1.[Li+]. The Morgan fingerprint density at radius 2 is 1.00 bits per heavy atom. The van der Waals surface area contributed by atoms with Gasteiger partial charge < -0.3 is 14.8 Å². The molecular formula is C21H18LiNO2. The summed E-state index contributed by atoms with van der Waals surface area (Å²) in [5.74, 6) is -1.17. The maximum Gasteiger partial charge on any atom is 1.00 e. The summed E-state index contributed by atoms with van der Waals surface area (Å²) in [6.45, 7) is 4.10. The molecule has 0 aliphatic heterocycles. The molecule has 0 saturated heterocycles. The first-order valence-electron chi connectivity index (χ1n) is 7.79. The molecule has 3 nitrogen and oxygen atoms in total. The molecular weight excluding hydrogens is 305 g/mol. The number of carboxylic acids is 1. The summed E-state index contributed by atoms with van der Waals surface area (Å²) in [5.41, 5.74) is 5.49. The van der Waals surface area contributed by atoms with Gasteiger partial charge in [-0.05, 0) is 55.8 Å². The predicted molar refractivity (Wildman–Crippen MR) is 94.9 cm³/mol. The van der Waals surface area contributed by atoms with Gasteiger partial charge in [0.05, 0.1) is 5.97 Å². The fourth-order valence-electron chi connectivity index (χ4n) is 2.58. The Balaban J connectivity index is 0.00000225. The van der Waals surface area contributed by atoms with E-state index in [1.807, 2.05) is 0 Å². The quantitative estimate of drug-likeness (QED) is 0.676. The minimum absolute atomic E-state index is 0. The molecule has 120 valence electrons. The number of benzene rings is 3. The second-order valence-corrected chi connectivity index (χ2v) is 5.84. The summed E-state index contributed by atoms with van der Waals surface area (Å²) in [6, 6.07) is 23.2. The first-order chi connectivity index (χ1) is 11.5. The summed E-state index contributed by atoms with van der Waals surface area (Å²) in [4.78, 5) is 13.1. The van der Waals surface area contributed by atoms with Crippen molar-refractivity contribution >= 4 is 23.0 Å². The third-order valence-corrected chi connectivity index (χ3v) is 3.95. The molecule has 25 heavy (non-hydrogen) atoms. The molecule has 0 saturated carbocycles. The molecule has 0 N–H and O–H groups in total. The van der Waals surface area contributed by atoms with Gasteiger partial charge in [-0.1, -0.05) is 47.5 Å². The molecule has 3 aromatic carbocycles. The number of hydrogen-bond acceptors (Lipinski definition) is 3. The van der Waals surface area contributed by atoms with Crippen LogP contribution in [0.15, 0.2) is 72.8 Å². The molecule has 0 heterocycles. The molecule has 0 radical (unpaired) electrons. The fourth-order valence-corrected chi connectivity index (χ4v) is 2.58. The molecule has 0 aromatic heterocycles. The first kappa shape index (κ1) is 18.9. The number of carbonyl (C=O) groups excluding carboxylic acids is 1. The van der Waals surface area contributed by atoms with Crippen molar-refractivity contribution in [3.05, 3.63) is 89.5 Å². The van der Waals surface area contributed by atoms with Crippen LogP contribution >= 0.6 is 0 Å². The largest absolute Gasteiger partial charge is 1.00 e. The van der Waals surface area contributed by atoms with Crippen LogP contribution in [0.25, 0.3) is 0 Å². The second kappa shape index (κ2) is 8.07. The van der Waals surface area contributed by atoms with E-state index in [1.165, 1.54) is 11.1 Å². The first-order valence-corrected chi connectivity index (χ1v) is 7.79. The maximum absolute atomic E-state index is 11.0. The van der Waals surface area contributed by atoms with Crippen LogP contribution in [0.2, 0.25) is 0 Å². The van der Waals surface area contributed by atoms with Gasteiger partial charge in [-0.3, -0.25) is 0 Å². The number of carboxylic acid groups (broad SMARTS) is 1. The maximum atomic E-state index is 11.0. The average Bonchev–Trinajstić information content (AvgIpc) is 2.59. The number of aromatic carboxylic acids is 1. The van der Waals surface area contributed by atoms with Crippen molar-refractivity contribution in [3.8, 4) is 0 Å². The van der Waals surface area contributed by atoms with Crippen molar-refractivity contribution in [2.75, 3.05) is 4.90 Å². The van der Waals surface area contributed by atoms with Crippen LogP contribution in [0.3, 0.4) is 0 Å². The van der Waals surface area contributed by atoms with Gasteiger partial charge >= 0.3 is 18.9 Å². The van der Waals surface area contributed by atoms with Crippen molar-refractivity contribution in [2.45, 2.75) is 13.8 Å². The second-order valence-electron chi connectivity index (χ2n) is 5.84. The molecule has 0 amide bonds. The van der Waals surface area contributed by atoms with E-state index in [-0.39, 0.29) is 24.4 Å². The van der Waals surface area contributed by atoms with Crippen LogP contribution in [-0.2, 0) is 0 Å². The van der Waals surface area contributed by atoms with Gasteiger partial charge in [-0.25, -0.2) is 0 Å². The molecule has 0 bridgehead atoms. The zero-order valence-corrected chi connectivity index (χ0v) is 14.7. The third kappa shape index (κ3) is 4.33. The summed E-state index contributed by atoms with van der Waals surface area (Å²) in [7, 11) is 0. The zero-order valence-electron chi connectivity index (χ0n) is 14.7. The molecule has 0 fully saturated rings. The van der Waals surface area contributed by atoms with Gasteiger partial charge in [-0.15, -0.1) is 0 Å². The number of hydrogen-bond donors (Lipinski definition) is 0. The van der Waals surface area contributed by atoms with E-state index in [2.05, 4.69) is 67.3 Å². The summed E-state index contributed by atoms with van der Waals surface area (Å²) in [6.07, 6.45) is 0. The zero-order chi connectivity index (χ0) is 17.1. The Morgan fingerprint density at radius 1 is 0.680 bits per heavy atom. The van der Waals surface area contributed by atoms with Crippen molar-refractivity contribution in [3.63, 3.8) is 0 Å². The van der Waals surface area contributed by atoms with Gasteiger partial charge in [0.15, 0.2) is 0 Å². The number of carbonyl (C=O) groups is 1. The minimum atomic E-state index is -1.17. The van der Waals surface area contributed by atoms with E-state index in [9.17, 15) is 9.90 Å². The van der Waals surface area contributed by atoms with Crippen LogP contribution in [0.5, 0.6) is 0 Å². The van der Waals surface area contributed by atoms with Crippen molar-refractivity contribution in [2.24, 2.45) is 0 Å². The molecule has 0 unspecified atom stereocenters. The topological polar surface area (TPSA) is 43.4 Å².